The van der Waals surface area contributed by atoms with E-state index in [0.717, 1.165) is 0 Å². The van der Waals surface area contributed by atoms with E-state index in [-0.39, 0.29) is 12.0 Å². The van der Waals surface area contributed by atoms with Gasteiger partial charge in [-0.05, 0) is 67.1 Å². The summed E-state index contributed by atoms with van der Waals surface area (Å²) in [6, 6.07) is 6.78. The zero-order chi connectivity index (χ0) is 13.7. The second-order valence-electron chi connectivity index (χ2n) is 7.04. The van der Waals surface area contributed by atoms with Crippen molar-refractivity contribution in [1.82, 2.24) is 0 Å². The van der Waals surface area contributed by atoms with E-state index < -0.39 is 0 Å². The van der Waals surface area contributed by atoms with Crippen molar-refractivity contribution in [3.63, 3.8) is 0 Å². The number of Topliss-reactive ketones (excluding diaryl/α,β-unsaturated/α-hetero) is 1. The molecular formula is C18H23NO. The number of carbonyl (C=O) groups is 1. The Labute approximate surface area is 120 Å². The molecule has 1 aromatic carbocycles. The summed E-state index contributed by atoms with van der Waals surface area (Å²) >= 11 is 0. The van der Waals surface area contributed by atoms with E-state index >= 15 is 0 Å². The third-order valence-electron chi connectivity index (χ3n) is 5.89. The molecule has 0 amide bonds. The number of carbonyl (C=O) groups excluding carboxylic acids is 1. The highest BCUT2D eigenvalue weighted by Gasteiger charge is 2.48. The molecule has 106 valence electrons. The number of hydrogen-bond acceptors (Lipinski definition) is 2. The molecule has 3 aliphatic rings. The van der Waals surface area contributed by atoms with Crippen molar-refractivity contribution in [2.24, 2.45) is 23.5 Å². The van der Waals surface area contributed by atoms with Gasteiger partial charge in [0.2, 0.25) is 0 Å². The van der Waals surface area contributed by atoms with Crippen LogP contribution in [0.4, 0.5) is 0 Å². The molecule has 0 radical (unpaired) electrons. The first-order valence-corrected chi connectivity index (χ1v) is 8.11. The highest BCUT2D eigenvalue weighted by molar-refractivity contribution is 5.84. The maximum atomic E-state index is 12.6. The highest BCUT2D eigenvalue weighted by Crippen LogP contribution is 2.48. The first-order valence-electron chi connectivity index (χ1n) is 8.11. The van der Waals surface area contributed by atoms with Crippen LogP contribution in [-0.4, -0.2) is 11.8 Å². The van der Waals surface area contributed by atoms with Gasteiger partial charge in [0.15, 0.2) is 0 Å². The standard InChI is InChI=1S/C18H23NO/c19-18-15-7-6-14(10-15)17(18)16(20)9-11-4-5-12-2-1-3-13(12)8-11/h4-5,8,14-15,17-18H,1-3,6-7,9-10,19H2. The Morgan fingerprint density at radius 1 is 1.15 bits per heavy atom. The van der Waals surface area contributed by atoms with Crippen molar-refractivity contribution in [3.8, 4) is 0 Å². The van der Waals surface area contributed by atoms with Gasteiger partial charge in [-0.25, -0.2) is 0 Å². The van der Waals surface area contributed by atoms with Crippen LogP contribution in [0.2, 0.25) is 0 Å². The molecule has 2 saturated carbocycles. The highest BCUT2D eigenvalue weighted by atomic mass is 16.1. The van der Waals surface area contributed by atoms with Gasteiger partial charge in [0.1, 0.15) is 5.78 Å². The first-order chi connectivity index (χ1) is 9.72. The van der Waals surface area contributed by atoms with Gasteiger partial charge in [-0.1, -0.05) is 18.2 Å². The second-order valence-corrected chi connectivity index (χ2v) is 7.04. The van der Waals surface area contributed by atoms with Crippen LogP contribution in [0.3, 0.4) is 0 Å². The van der Waals surface area contributed by atoms with Gasteiger partial charge in [-0.3, -0.25) is 4.79 Å². The molecule has 0 aliphatic heterocycles. The quantitative estimate of drug-likeness (QED) is 0.916. The molecule has 0 heterocycles. The van der Waals surface area contributed by atoms with Crippen LogP contribution in [0.5, 0.6) is 0 Å². The van der Waals surface area contributed by atoms with Crippen LogP contribution in [0, 0.1) is 17.8 Å². The van der Waals surface area contributed by atoms with Crippen molar-refractivity contribution in [1.29, 1.82) is 0 Å². The lowest BCUT2D eigenvalue weighted by molar-refractivity contribution is -0.124. The number of hydrogen-bond donors (Lipinski definition) is 1. The smallest absolute Gasteiger partial charge is 0.142 e. The monoisotopic (exact) mass is 269 g/mol. The van der Waals surface area contributed by atoms with Gasteiger partial charge in [-0.15, -0.1) is 0 Å². The van der Waals surface area contributed by atoms with E-state index in [2.05, 4.69) is 18.2 Å². The summed E-state index contributed by atoms with van der Waals surface area (Å²) in [6.07, 6.45) is 7.92. The van der Waals surface area contributed by atoms with Crippen LogP contribution in [0.15, 0.2) is 18.2 Å². The summed E-state index contributed by atoms with van der Waals surface area (Å²) in [6.45, 7) is 0. The van der Waals surface area contributed by atoms with Gasteiger partial charge in [-0.2, -0.15) is 0 Å². The van der Waals surface area contributed by atoms with E-state index in [0.29, 0.717) is 24.0 Å². The Balaban J connectivity index is 1.50. The first kappa shape index (κ1) is 12.6. The average Bonchev–Trinajstić information content (AvgIpc) is 3.12. The van der Waals surface area contributed by atoms with Crippen LogP contribution in [0.1, 0.15) is 42.4 Å². The zero-order valence-electron chi connectivity index (χ0n) is 12.0. The number of aryl methyl sites for hydroxylation is 2. The summed E-state index contributed by atoms with van der Waals surface area (Å²) in [5, 5.41) is 0. The summed E-state index contributed by atoms with van der Waals surface area (Å²) < 4.78 is 0. The third kappa shape index (κ3) is 1.93. The summed E-state index contributed by atoms with van der Waals surface area (Å²) in [7, 11) is 0. The van der Waals surface area contributed by atoms with E-state index in [9.17, 15) is 4.79 Å². The van der Waals surface area contributed by atoms with Gasteiger partial charge in [0, 0.05) is 18.4 Å². The topological polar surface area (TPSA) is 43.1 Å². The predicted octanol–water partition coefficient (Wildman–Crippen LogP) is 2.66. The van der Waals surface area contributed by atoms with Crippen molar-refractivity contribution in [3.05, 3.63) is 34.9 Å². The average molecular weight is 269 g/mol. The summed E-state index contributed by atoms with van der Waals surface area (Å²) in [4.78, 5) is 12.6. The van der Waals surface area contributed by atoms with Crippen molar-refractivity contribution in [2.75, 3.05) is 0 Å². The summed E-state index contributed by atoms with van der Waals surface area (Å²) in [5.41, 5.74) is 10.4. The number of fused-ring (bicyclic) bond motifs is 3. The maximum Gasteiger partial charge on any atom is 0.142 e. The molecule has 1 aromatic rings. The van der Waals surface area contributed by atoms with Crippen molar-refractivity contribution in [2.45, 2.75) is 51.0 Å². The molecular weight excluding hydrogens is 246 g/mol. The number of ketones is 1. The van der Waals surface area contributed by atoms with Gasteiger partial charge in [0.05, 0.1) is 0 Å². The Hall–Kier alpha value is -1.15. The fraction of sp³-hybridized carbons (Fsp3) is 0.611. The zero-order valence-corrected chi connectivity index (χ0v) is 12.0. The Morgan fingerprint density at radius 2 is 1.95 bits per heavy atom. The molecule has 4 unspecified atom stereocenters. The maximum absolute atomic E-state index is 12.6. The van der Waals surface area contributed by atoms with Crippen molar-refractivity contribution < 1.29 is 4.79 Å². The minimum absolute atomic E-state index is 0.135. The Kier molecular flexibility index (Phi) is 2.95. The summed E-state index contributed by atoms with van der Waals surface area (Å²) in [5.74, 6) is 1.73. The normalized spacial score (nSPS) is 34.5. The van der Waals surface area contributed by atoms with Gasteiger partial charge >= 0.3 is 0 Å². The number of nitrogens with two attached hydrogens (primary N) is 1. The van der Waals surface area contributed by atoms with E-state index in [4.69, 9.17) is 5.73 Å². The van der Waals surface area contributed by atoms with Gasteiger partial charge in [0.25, 0.3) is 0 Å². The number of benzene rings is 1. The molecule has 0 saturated heterocycles. The molecule has 2 bridgehead atoms. The van der Waals surface area contributed by atoms with Crippen LogP contribution in [0.25, 0.3) is 0 Å². The lowest BCUT2D eigenvalue weighted by Gasteiger charge is -2.27. The van der Waals surface area contributed by atoms with E-state index in [1.807, 2.05) is 0 Å². The van der Waals surface area contributed by atoms with Gasteiger partial charge < -0.3 is 5.73 Å². The molecule has 0 spiro atoms. The minimum atomic E-state index is 0.135. The minimum Gasteiger partial charge on any atom is -0.327 e. The molecule has 0 aromatic heterocycles. The number of rotatable bonds is 3. The van der Waals surface area contributed by atoms with Crippen LogP contribution in [-0.2, 0) is 24.1 Å². The lowest BCUT2D eigenvalue weighted by atomic mass is 9.80. The molecule has 2 nitrogen and oxygen atoms in total. The van der Waals surface area contributed by atoms with Crippen LogP contribution >= 0.6 is 0 Å². The molecule has 3 aliphatic carbocycles. The fourth-order valence-electron chi connectivity index (χ4n) is 4.87. The molecule has 2 N–H and O–H groups in total. The lowest BCUT2D eigenvalue weighted by Crippen LogP contribution is -2.40. The fourth-order valence-corrected chi connectivity index (χ4v) is 4.87. The molecule has 20 heavy (non-hydrogen) atoms. The molecule has 2 heteroatoms. The Bertz CT molecular complexity index is 548. The van der Waals surface area contributed by atoms with Crippen LogP contribution < -0.4 is 5.73 Å². The second kappa shape index (κ2) is 4.70. The van der Waals surface area contributed by atoms with E-state index in [1.54, 1.807) is 0 Å². The van der Waals surface area contributed by atoms with Crippen molar-refractivity contribution >= 4 is 5.78 Å². The molecule has 2 fully saturated rings. The van der Waals surface area contributed by atoms with E-state index in [1.165, 1.54) is 55.2 Å². The Morgan fingerprint density at radius 3 is 2.75 bits per heavy atom. The molecule has 4 atom stereocenters. The molecule has 4 rings (SSSR count). The largest absolute Gasteiger partial charge is 0.327 e. The SMILES string of the molecule is NC1C2CCC(C2)C1C(=O)Cc1ccc2c(c1)CCC2. The third-order valence-corrected chi connectivity index (χ3v) is 5.89. The predicted molar refractivity (Wildman–Crippen MR) is 79.5 cm³/mol.